The van der Waals surface area contributed by atoms with Crippen molar-refractivity contribution in [3.8, 4) is 11.5 Å². The molecule has 0 aromatic heterocycles. The number of rotatable bonds is 10. The molecule has 2 N–H and O–H groups in total. The van der Waals surface area contributed by atoms with Gasteiger partial charge in [-0.2, -0.15) is 0 Å². The predicted octanol–water partition coefficient (Wildman–Crippen LogP) is 3.90. The summed E-state index contributed by atoms with van der Waals surface area (Å²) in [5.74, 6) is 0.676. The van der Waals surface area contributed by atoms with Crippen molar-refractivity contribution in [3.05, 3.63) is 46.1 Å². The number of benzene rings is 1. The third-order valence-electron chi connectivity index (χ3n) is 4.24. The standard InChI is InChI=1S/C21H32O5/c1-14(2)9-17(25-5)10-15(3)7-8-18-20(26-6)11-16(12-22)19(13-24-4)21(18)23/h7,9,11,17,22-23H,8,10,12-13H2,1-6H3/b15-7+. The molecule has 0 aliphatic heterocycles. The van der Waals surface area contributed by atoms with Gasteiger partial charge in [-0.25, -0.2) is 0 Å². The number of aliphatic hydroxyl groups is 1. The van der Waals surface area contributed by atoms with Crippen LogP contribution in [0.15, 0.2) is 29.4 Å². The summed E-state index contributed by atoms with van der Waals surface area (Å²) in [5.41, 5.74) is 4.26. The molecular formula is C21H32O5. The number of aromatic hydroxyl groups is 1. The second kappa shape index (κ2) is 11.0. The second-order valence-corrected chi connectivity index (χ2v) is 6.61. The fourth-order valence-electron chi connectivity index (χ4n) is 2.87. The van der Waals surface area contributed by atoms with Gasteiger partial charge in [0.05, 0.1) is 26.4 Å². The maximum Gasteiger partial charge on any atom is 0.128 e. The van der Waals surface area contributed by atoms with Gasteiger partial charge in [0.25, 0.3) is 0 Å². The molecule has 0 radical (unpaired) electrons. The molecule has 0 bridgehead atoms. The lowest BCUT2D eigenvalue weighted by Crippen LogP contribution is -2.08. The van der Waals surface area contributed by atoms with E-state index in [1.54, 1.807) is 27.4 Å². The molecular weight excluding hydrogens is 332 g/mol. The Hall–Kier alpha value is -1.82. The maximum atomic E-state index is 10.7. The van der Waals surface area contributed by atoms with Crippen LogP contribution in [-0.4, -0.2) is 37.6 Å². The minimum Gasteiger partial charge on any atom is -0.507 e. The first-order valence-electron chi connectivity index (χ1n) is 8.71. The third-order valence-corrected chi connectivity index (χ3v) is 4.24. The van der Waals surface area contributed by atoms with Gasteiger partial charge in [0.2, 0.25) is 0 Å². The molecule has 1 rings (SSSR count). The van der Waals surface area contributed by atoms with Gasteiger partial charge in [-0.1, -0.05) is 23.3 Å². The summed E-state index contributed by atoms with van der Waals surface area (Å²) >= 11 is 0. The Morgan fingerprint density at radius 1 is 1.15 bits per heavy atom. The van der Waals surface area contributed by atoms with Crippen molar-refractivity contribution in [2.24, 2.45) is 0 Å². The van der Waals surface area contributed by atoms with Gasteiger partial charge in [-0.15, -0.1) is 0 Å². The van der Waals surface area contributed by atoms with Crippen molar-refractivity contribution in [1.82, 2.24) is 0 Å². The zero-order valence-electron chi connectivity index (χ0n) is 16.8. The minimum atomic E-state index is -0.185. The molecule has 26 heavy (non-hydrogen) atoms. The first-order chi connectivity index (χ1) is 12.4. The predicted molar refractivity (Wildman–Crippen MR) is 104 cm³/mol. The Bertz CT molecular complexity index is 642. The Balaban J connectivity index is 3.11. The number of methoxy groups -OCH3 is 3. The lowest BCUT2D eigenvalue weighted by Gasteiger charge is -2.17. The van der Waals surface area contributed by atoms with E-state index in [2.05, 4.69) is 12.2 Å². The number of phenolic OH excluding ortho intramolecular Hbond substituents is 1. The average molecular weight is 364 g/mol. The average Bonchev–Trinajstić information content (AvgIpc) is 2.61. The highest BCUT2D eigenvalue weighted by atomic mass is 16.5. The van der Waals surface area contributed by atoms with Crippen molar-refractivity contribution < 1.29 is 24.4 Å². The van der Waals surface area contributed by atoms with E-state index >= 15 is 0 Å². The van der Waals surface area contributed by atoms with E-state index in [0.717, 1.165) is 12.0 Å². The summed E-state index contributed by atoms with van der Waals surface area (Å²) in [4.78, 5) is 0. The zero-order chi connectivity index (χ0) is 19.7. The molecule has 0 amide bonds. The van der Waals surface area contributed by atoms with Crippen LogP contribution in [0.5, 0.6) is 11.5 Å². The highest BCUT2D eigenvalue weighted by molar-refractivity contribution is 5.54. The van der Waals surface area contributed by atoms with Crippen molar-refractivity contribution in [3.63, 3.8) is 0 Å². The van der Waals surface area contributed by atoms with Gasteiger partial charge in [0.1, 0.15) is 11.5 Å². The molecule has 5 heteroatoms. The first kappa shape index (κ1) is 22.2. The Labute approximate surface area is 156 Å². The van der Waals surface area contributed by atoms with Crippen LogP contribution in [0.1, 0.15) is 43.9 Å². The van der Waals surface area contributed by atoms with Crippen LogP contribution in [0.2, 0.25) is 0 Å². The quantitative estimate of drug-likeness (QED) is 0.616. The van der Waals surface area contributed by atoms with Gasteiger partial charge in [0.15, 0.2) is 0 Å². The van der Waals surface area contributed by atoms with Crippen molar-refractivity contribution in [1.29, 1.82) is 0 Å². The molecule has 1 atom stereocenters. The van der Waals surface area contributed by atoms with E-state index in [4.69, 9.17) is 14.2 Å². The van der Waals surface area contributed by atoms with Gasteiger partial charge in [-0.3, -0.25) is 0 Å². The number of aliphatic hydroxyl groups excluding tert-OH is 1. The summed E-state index contributed by atoms with van der Waals surface area (Å²) in [6.07, 6.45) is 5.51. The summed E-state index contributed by atoms with van der Waals surface area (Å²) in [6, 6.07) is 1.76. The van der Waals surface area contributed by atoms with Crippen molar-refractivity contribution in [2.75, 3.05) is 21.3 Å². The van der Waals surface area contributed by atoms with Crippen molar-refractivity contribution >= 4 is 0 Å². The third kappa shape index (κ3) is 6.16. The molecule has 0 aliphatic carbocycles. The summed E-state index contributed by atoms with van der Waals surface area (Å²) in [5, 5.41) is 20.2. The van der Waals surface area contributed by atoms with Gasteiger partial charge >= 0.3 is 0 Å². The number of hydrogen-bond donors (Lipinski definition) is 2. The fourth-order valence-corrected chi connectivity index (χ4v) is 2.87. The van der Waals surface area contributed by atoms with Crippen LogP contribution >= 0.6 is 0 Å². The molecule has 0 saturated carbocycles. The molecule has 1 aromatic carbocycles. The van der Waals surface area contributed by atoms with Gasteiger partial charge in [0, 0.05) is 25.3 Å². The highest BCUT2D eigenvalue weighted by Gasteiger charge is 2.17. The molecule has 5 nitrogen and oxygen atoms in total. The topological polar surface area (TPSA) is 68.2 Å². The molecule has 0 saturated heterocycles. The number of ether oxygens (including phenoxy) is 3. The Morgan fingerprint density at radius 2 is 1.85 bits per heavy atom. The van der Waals surface area contributed by atoms with Gasteiger partial charge in [-0.05, 0) is 45.2 Å². The normalized spacial score (nSPS) is 12.8. The molecule has 0 spiro atoms. The maximum absolute atomic E-state index is 10.7. The van der Waals surface area contributed by atoms with E-state index in [1.165, 1.54) is 5.57 Å². The molecule has 0 fully saturated rings. The van der Waals surface area contributed by atoms with Crippen LogP contribution < -0.4 is 4.74 Å². The Morgan fingerprint density at radius 3 is 2.35 bits per heavy atom. The van der Waals surface area contributed by atoms with E-state index in [-0.39, 0.29) is 25.1 Å². The SMILES string of the molecule is COCc1c(CO)cc(OC)c(C/C=C(\C)CC(C=C(C)C)OC)c1O. The van der Waals surface area contributed by atoms with E-state index in [9.17, 15) is 10.2 Å². The lowest BCUT2D eigenvalue weighted by molar-refractivity contribution is 0.140. The Kier molecular flexibility index (Phi) is 9.41. The monoisotopic (exact) mass is 364 g/mol. The molecule has 1 aromatic rings. The number of hydrogen-bond acceptors (Lipinski definition) is 5. The largest absolute Gasteiger partial charge is 0.507 e. The number of phenols is 1. The smallest absolute Gasteiger partial charge is 0.128 e. The second-order valence-electron chi connectivity index (χ2n) is 6.61. The van der Waals surface area contributed by atoms with Crippen LogP contribution in [0.4, 0.5) is 0 Å². The summed E-state index contributed by atoms with van der Waals surface area (Å²) < 4.78 is 16.1. The summed E-state index contributed by atoms with van der Waals surface area (Å²) in [7, 11) is 4.82. The number of allylic oxidation sites excluding steroid dienone is 2. The summed E-state index contributed by atoms with van der Waals surface area (Å²) in [6.45, 7) is 6.19. The van der Waals surface area contributed by atoms with Gasteiger partial charge < -0.3 is 24.4 Å². The van der Waals surface area contributed by atoms with Crippen LogP contribution in [0.3, 0.4) is 0 Å². The van der Waals surface area contributed by atoms with E-state index in [0.29, 0.717) is 28.9 Å². The van der Waals surface area contributed by atoms with Crippen LogP contribution in [-0.2, 0) is 29.1 Å². The fraction of sp³-hybridized carbons (Fsp3) is 0.524. The minimum absolute atomic E-state index is 0.0348. The molecule has 0 heterocycles. The molecule has 0 aliphatic rings. The lowest BCUT2D eigenvalue weighted by atomic mass is 9.98. The first-order valence-corrected chi connectivity index (χ1v) is 8.71. The van der Waals surface area contributed by atoms with E-state index in [1.807, 2.05) is 20.8 Å². The molecule has 1 unspecified atom stereocenters. The van der Waals surface area contributed by atoms with Crippen molar-refractivity contribution in [2.45, 2.75) is 52.9 Å². The van der Waals surface area contributed by atoms with Crippen LogP contribution in [0, 0.1) is 0 Å². The highest BCUT2D eigenvalue weighted by Crippen LogP contribution is 2.36. The molecule has 146 valence electrons. The van der Waals surface area contributed by atoms with Crippen LogP contribution in [0.25, 0.3) is 0 Å². The zero-order valence-corrected chi connectivity index (χ0v) is 16.8. The van der Waals surface area contributed by atoms with E-state index < -0.39 is 0 Å².